The van der Waals surface area contributed by atoms with Crippen molar-refractivity contribution in [2.24, 2.45) is 0 Å². The molecule has 1 aliphatic rings. The quantitative estimate of drug-likeness (QED) is 0.493. The van der Waals surface area contributed by atoms with Crippen molar-refractivity contribution >= 4 is 5.91 Å². The van der Waals surface area contributed by atoms with Crippen LogP contribution in [0.15, 0.2) is 65.3 Å². The number of nitrogens with one attached hydrogen (secondary N) is 1. The fourth-order valence-electron chi connectivity index (χ4n) is 3.20. The Morgan fingerprint density at radius 1 is 1.06 bits per heavy atom. The third kappa shape index (κ3) is 4.25. The molecule has 2 aromatic carbocycles. The minimum atomic E-state index is -0.0843. The smallest absolute Gasteiger partial charge is 0.247 e. The maximum atomic E-state index is 12.2. The zero-order chi connectivity index (χ0) is 21.0. The van der Waals surface area contributed by atoms with Crippen molar-refractivity contribution in [1.82, 2.24) is 25.3 Å². The van der Waals surface area contributed by atoms with Gasteiger partial charge in [0, 0.05) is 37.3 Å². The highest BCUT2D eigenvalue weighted by atomic mass is 16.7. The van der Waals surface area contributed by atoms with Crippen LogP contribution in [-0.2, 0) is 17.8 Å². The van der Waals surface area contributed by atoms with Crippen LogP contribution in [0.1, 0.15) is 17.9 Å². The fraction of sp³-hybridized carbons (Fsp3) is 0.182. The molecule has 0 spiro atoms. The minimum Gasteiger partial charge on any atom is -0.454 e. The Labute approximate surface area is 177 Å². The van der Waals surface area contributed by atoms with E-state index in [-0.39, 0.29) is 19.1 Å². The lowest BCUT2D eigenvalue weighted by atomic mass is 10.2. The molecule has 4 aromatic rings. The van der Waals surface area contributed by atoms with Gasteiger partial charge in [-0.1, -0.05) is 12.1 Å². The van der Waals surface area contributed by atoms with Crippen LogP contribution in [0.4, 0.5) is 0 Å². The molecule has 0 bridgehead atoms. The molecular formula is C22H19N5O4. The van der Waals surface area contributed by atoms with E-state index < -0.39 is 0 Å². The molecule has 0 unspecified atom stereocenters. The van der Waals surface area contributed by atoms with Gasteiger partial charge in [0.2, 0.25) is 24.5 Å². The van der Waals surface area contributed by atoms with Gasteiger partial charge in [0.25, 0.3) is 0 Å². The number of aromatic nitrogens is 4. The monoisotopic (exact) mass is 417 g/mol. The first kappa shape index (κ1) is 18.9. The second kappa shape index (κ2) is 8.31. The van der Waals surface area contributed by atoms with Crippen LogP contribution in [0.2, 0.25) is 0 Å². The Bertz CT molecular complexity index is 1190. The average molecular weight is 417 g/mol. The molecule has 0 aliphatic carbocycles. The summed E-state index contributed by atoms with van der Waals surface area (Å²) in [6.45, 7) is 0.655. The Balaban J connectivity index is 1.12. The number of amides is 1. The maximum absolute atomic E-state index is 12.2. The van der Waals surface area contributed by atoms with Crippen molar-refractivity contribution in [3.63, 3.8) is 0 Å². The lowest BCUT2D eigenvalue weighted by Gasteiger charge is -2.06. The maximum Gasteiger partial charge on any atom is 0.247 e. The summed E-state index contributed by atoms with van der Waals surface area (Å²) in [5.41, 5.74) is 2.72. The number of aryl methyl sites for hydroxylation is 1. The lowest BCUT2D eigenvalue weighted by molar-refractivity contribution is -0.121. The van der Waals surface area contributed by atoms with Crippen molar-refractivity contribution in [1.29, 1.82) is 0 Å². The van der Waals surface area contributed by atoms with E-state index in [9.17, 15) is 4.79 Å². The molecule has 1 aliphatic heterocycles. The molecule has 0 fully saturated rings. The minimum absolute atomic E-state index is 0.0843. The summed E-state index contributed by atoms with van der Waals surface area (Å²) < 4.78 is 18.1. The summed E-state index contributed by atoms with van der Waals surface area (Å²) in [7, 11) is 0. The third-order valence-electron chi connectivity index (χ3n) is 4.85. The van der Waals surface area contributed by atoms with E-state index in [1.54, 1.807) is 23.0 Å². The summed E-state index contributed by atoms with van der Waals surface area (Å²) in [6, 6.07) is 15.2. The highest BCUT2D eigenvalue weighted by Gasteiger charge is 2.17. The van der Waals surface area contributed by atoms with Gasteiger partial charge in [-0.25, -0.2) is 4.68 Å². The molecule has 156 valence electrons. The molecule has 0 saturated heterocycles. The molecule has 0 saturated carbocycles. The summed E-state index contributed by atoms with van der Waals surface area (Å²) in [6.07, 6.45) is 4.23. The van der Waals surface area contributed by atoms with Gasteiger partial charge in [-0.3, -0.25) is 4.79 Å². The number of benzene rings is 2. The molecule has 31 heavy (non-hydrogen) atoms. The van der Waals surface area contributed by atoms with E-state index >= 15 is 0 Å². The molecule has 5 rings (SSSR count). The number of hydrogen-bond donors (Lipinski definition) is 1. The van der Waals surface area contributed by atoms with Crippen LogP contribution >= 0.6 is 0 Å². The molecule has 1 amide bonds. The summed E-state index contributed by atoms with van der Waals surface area (Å²) in [5.74, 6) is 2.04. The number of carbonyl (C=O) groups is 1. The van der Waals surface area contributed by atoms with Gasteiger partial charge >= 0.3 is 0 Å². The van der Waals surface area contributed by atoms with Gasteiger partial charge in [0.05, 0.1) is 5.69 Å². The molecule has 1 N–H and O–H groups in total. The highest BCUT2D eigenvalue weighted by Crippen LogP contribution is 2.35. The van der Waals surface area contributed by atoms with E-state index in [2.05, 4.69) is 20.6 Å². The molecule has 0 atom stereocenters. The van der Waals surface area contributed by atoms with Crippen molar-refractivity contribution in [3.05, 3.63) is 72.4 Å². The number of fused-ring (bicyclic) bond motifs is 1. The van der Waals surface area contributed by atoms with Crippen molar-refractivity contribution < 1.29 is 18.7 Å². The number of rotatable bonds is 7. The Hall–Kier alpha value is -4.14. The summed E-state index contributed by atoms with van der Waals surface area (Å²) in [5, 5.41) is 15.2. The van der Waals surface area contributed by atoms with Gasteiger partial charge < -0.3 is 19.2 Å². The molecule has 0 radical (unpaired) electrons. The van der Waals surface area contributed by atoms with Crippen molar-refractivity contribution in [2.75, 3.05) is 6.79 Å². The van der Waals surface area contributed by atoms with E-state index in [0.717, 1.165) is 16.8 Å². The fourth-order valence-corrected chi connectivity index (χ4v) is 3.20. The summed E-state index contributed by atoms with van der Waals surface area (Å²) >= 11 is 0. The number of nitrogens with zero attached hydrogens (tertiary/aromatic N) is 4. The van der Waals surface area contributed by atoms with Gasteiger partial charge in [-0.05, 0) is 42.0 Å². The number of carbonyl (C=O) groups excluding carboxylic acids is 1. The number of hydrogen-bond acceptors (Lipinski definition) is 7. The van der Waals surface area contributed by atoms with Crippen molar-refractivity contribution in [3.8, 4) is 28.6 Å². The molecule has 9 nitrogen and oxygen atoms in total. The van der Waals surface area contributed by atoms with Gasteiger partial charge in [-0.15, -0.1) is 10.2 Å². The second-order valence-electron chi connectivity index (χ2n) is 6.96. The first-order valence-corrected chi connectivity index (χ1v) is 9.83. The largest absolute Gasteiger partial charge is 0.454 e. The molecule has 9 heteroatoms. The number of ether oxygens (including phenoxy) is 2. The van der Waals surface area contributed by atoms with Crippen LogP contribution < -0.4 is 14.8 Å². The second-order valence-corrected chi connectivity index (χ2v) is 6.96. The third-order valence-corrected chi connectivity index (χ3v) is 4.85. The van der Waals surface area contributed by atoms with E-state index in [0.29, 0.717) is 36.2 Å². The van der Waals surface area contributed by atoms with Crippen LogP contribution in [0.3, 0.4) is 0 Å². The summed E-state index contributed by atoms with van der Waals surface area (Å²) in [4.78, 5) is 12.2. The lowest BCUT2D eigenvalue weighted by Crippen LogP contribution is -2.23. The van der Waals surface area contributed by atoms with Crippen LogP contribution in [0, 0.1) is 0 Å². The van der Waals surface area contributed by atoms with E-state index in [1.807, 2.05) is 42.6 Å². The van der Waals surface area contributed by atoms with Crippen molar-refractivity contribution in [2.45, 2.75) is 19.4 Å². The average Bonchev–Trinajstić information content (AvgIpc) is 3.57. The Morgan fingerprint density at radius 3 is 2.77 bits per heavy atom. The first-order chi connectivity index (χ1) is 15.2. The van der Waals surface area contributed by atoms with Gasteiger partial charge in [0.1, 0.15) is 0 Å². The molecule has 3 heterocycles. The van der Waals surface area contributed by atoms with Crippen LogP contribution in [0.5, 0.6) is 11.5 Å². The first-order valence-electron chi connectivity index (χ1n) is 9.83. The topological polar surface area (TPSA) is 104 Å². The molecule has 2 aromatic heterocycles. The Kier molecular flexibility index (Phi) is 5.05. The zero-order valence-corrected chi connectivity index (χ0v) is 16.5. The van der Waals surface area contributed by atoms with E-state index in [4.69, 9.17) is 13.9 Å². The van der Waals surface area contributed by atoms with E-state index in [1.165, 1.54) is 0 Å². The van der Waals surface area contributed by atoms with Crippen LogP contribution in [0.25, 0.3) is 17.1 Å². The normalized spacial score (nSPS) is 12.1. The Morgan fingerprint density at radius 2 is 1.94 bits per heavy atom. The standard InChI is InChI=1S/C22H19N5O4/c28-20(23-13-15-2-5-17(6-3-15)27-11-1-10-24-27)8-9-21-25-26-22(31-21)16-4-7-18-19(12-16)30-14-29-18/h1-7,10-12H,8-9,13-14H2,(H,23,28). The predicted molar refractivity (Wildman–Crippen MR) is 110 cm³/mol. The predicted octanol–water partition coefficient (Wildman–Crippen LogP) is 2.90. The van der Waals surface area contributed by atoms with Gasteiger partial charge in [0.15, 0.2) is 11.5 Å². The SMILES string of the molecule is O=C(CCc1nnc(-c2ccc3c(c2)OCO3)o1)NCc1ccc(-n2cccn2)cc1. The molecular weight excluding hydrogens is 398 g/mol. The zero-order valence-electron chi connectivity index (χ0n) is 16.5. The van der Waals surface area contributed by atoms with Gasteiger partial charge in [-0.2, -0.15) is 5.10 Å². The highest BCUT2D eigenvalue weighted by molar-refractivity contribution is 5.76. The van der Waals surface area contributed by atoms with Crippen LogP contribution in [-0.4, -0.2) is 32.7 Å².